The second-order valence-corrected chi connectivity index (χ2v) is 5.94. The molecule has 1 saturated heterocycles. The number of ether oxygens (including phenoxy) is 2. The zero-order valence-electron chi connectivity index (χ0n) is 14.3. The Bertz CT molecular complexity index is 744. The second-order valence-electron chi connectivity index (χ2n) is 5.94. The Labute approximate surface area is 146 Å². The average molecular weight is 344 g/mol. The molecule has 1 aliphatic rings. The number of rotatable bonds is 4. The molecule has 1 aliphatic heterocycles. The van der Waals surface area contributed by atoms with Crippen LogP contribution in [-0.4, -0.2) is 31.7 Å². The third-order valence-corrected chi connectivity index (χ3v) is 4.35. The maximum atomic E-state index is 13.5. The summed E-state index contributed by atoms with van der Waals surface area (Å²) in [7, 11) is 3.11. The fourth-order valence-electron chi connectivity index (χ4n) is 3.15. The van der Waals surface area contributed by atoms with Crippen LogP contribution in [0, 0.1) is 5.82 Å². The minimum absolute atomic E-state index is 0.122. The number of carbonyl (C=O) groups excluding carboxylic acids is 1. The summed E-state index contributed by atoms with van der Waals surface area (Å²) in [6, 6.07) is 11.3. The van der Waals surface area contributed by atoms with Crippen LogP contribution >= 0.6 is 0 Å². The zero-order chi connectivity index (χ0) is 17.8. The van der Waals surface area contributed by atoms with Crippen molar-refractivity contribution >= 4 is 11.7 Å². The molecular weight excluding hydrogens is 323 g/mol. The topological polar surface area (TPSA) is 50.8 Å². The Kier molecular flexibility index (Phi) is 5.07. The van der Waals surface area contributed by atoms with Gasteiger partial charge in [0.05, 0.1) is 20.3 Å². The van der Waals surface area contributed by atoms with Crippen molar-refractivity contribution in [2.45, 2.75) is 18.9 Å². The fraction of sp³-hybridized carbons (Fsp3) is 0.316. The molecule has 6 heteroatoms. The highest BCUT2D eigenvalue weighted by molar-refractivity contribution is 5.90. The molecule has 0 aromatic heterocycles. The Morgan fingerprint density at radius 3 is 2.52 bits per heavy atom. The number of carbonyl (C=O) groups is 1. The highest BCUT2D eigenvalue weighted by Crippen LogP contribution is 2.33. The number of likely N-dealkylation sites (tertiary alicyclic amines) is 1. The minimum Gasteiger partial charge on any atom is -0.497 e. The molecule has 1 atom stereocenters. The van der Waals surface area contributed by atoms with E-state index in [1.165, 1.54) is 12.1 Å². The first-order valence-corrected chi connectivity index (χ1v) is 8.17. The van der Waals surface area contributed by atoms with Crippen LogP contribution in [0.1, 0.15) is 24.4 Å². The summed E-state index contributed by atoms with van der Waals surface area (Å²) in [4.78, 5) is 14.5. The number of nitrogens with one attached hydrogen (secondary N) is 1. The number of amides is 2. The summed E-state index contributed by atoms with van der Waals surface area (Å²) in [6.45, 7) is 0.633. The second kappa shape index (κ2) is 7.42. The van der Waals surface area contributed by atoms with Gasteiger partial charge in [0.15, 0.2) is 0 Å². The van der Waals surface area contributed by atoms with E-state index in [1.807, 2.05) is 6.07 Å². The molecule has 0 aliphatic carbocycles. The average Bonchev–Trinajstić information content (AvgIpc) is 3.11. The quantitative estimate of drug-likeness (QED) is 0.904. The fourth-order valence-corrected chi connectivity index (χ4v) is 3.15. The molecule has 2 amide bonds. The maximum absolute atomic E-state index is 13.5. The van der Waals surface area contributed by atoms with Crippen molar-refractivity contribution in [3.63, 3.8) is 0 Å². The van der Waals surface area contributed by atoms with E-state index in [1.54, 1.807) is 43.4 Å². The lowest BCUT2D eigenvalue weighted by Crippen LogP contribution is -2.34. The van der Waals surface area contributed by atoms with Crippen LogP contribution in [0.5, 0.6) is 11.5 Å². The van der Waals surface area contributed by atoms with E-state index in [0.717, 1.165) is 18.4 Å². The van der Waals surface area contributed by atoms with Gasteiger partial charge in [-0.3, -0.25) is 0 Å². The van der Waals surface area contributed by atoms with Crippen LogP contribution in [0.2, 0.25) is 0 Å². The molecule has 2 aromatic carbocycles. The Balaban J connectivity index is 1.78. The third-order valence-electron chi connectivity index (χ3n) is 4.35. The van der Waals surface area contributed by atoms with Crippen LogP contribution in [0.15, 0.2) is 42.5 Å². The number of methoxy groups -OCH3 is 2. The molecule has 1 heterocycles. The van der Waals surface area contributed by atoms with Gasteiger partial charge in [0.25, 0.3) is 0 Å². The van der Waals surface area contributed by atoms with E-state index < -0.39 is 0 Å². The number of nitrogens with zero attached hydrogens (tertiary/aromatic N) is 1. The standard InChI is InChI=1S/C19H21FN2O3/c1-24-16-10-15(11-17(12-16)25-2)21-19(23)22-8-4-7-18(22)13-5-3-6-14(20)9-13/h3,5-6,9-12,18H,4,7-8H2,1-2H3,(H,21,23)/t18-/m1/s1. The normalized spacial score (nSPS) is 16.6. The van der Waals surface area contributed by atoms with E-state index in [4.69, 9.17) is 9.47 Å². The van der Waals surface area contributed by atoms with Crippen LogP contribution in [0.4, 0.5) is 14.9 Å². The van der Waals surface area contributed by atoms with Crippen molar-refractivity contribution in [3.05, 3.63) is 53.8 Å². The third kappa shape index (κ3) is 3.84. The predicted octanol–water partition coefficient (Wildman–Crippen LogP) is 4.21. The first kappa shape index (κ1) is 17.1. The van der Waals surface area contributed by atoms with Crippen molar-refractivity contribution in [3.8, 4) is 11.5 Å². The lowest BCUT2D eigenvalue weighted by molar-refractivity contribution is 0.207. The highest BCUT2D eigenvalue weighted by Gasteiger charge is 2.30. The molecular formula is C19H21FN2O3. The number of urea groups is 1. The molecule has 0 unspecified atom stereocenters. The first-order chi connectivity index (χ1) is 12.1. The number of halogens is 1. The van der Waals surface area contributed by atoms with Crippen LogP contribution in [0.3, 0.4) is 0 Å². The monoisotopic (exact) mass is 344 g/mol. The Morgan fingerprint density at radius 2 is 1.88 bits per heavy atom. The molecule has 25 heavy (non-hydrogen) atoms. The van der Waals surface area contributed by atoms with E-state index in [-0.39, 0.29) is 17.9 Å². The summed E-state index contributed by atoms with van der Waals surface area (Å²) in [5.74, 6) is 0.901. The molecule has 3 rings (SSSR count). The van der Waals surface area contributed by atoms with Gasteiger partial charge in [0.2, 0.25) is 0 Å². The van der Waals surface area contributed by atoms with E-state index in [9.17, 15) is 9.18 Å². The molecule has 0 radical (unpaired) electrons. The lowest BCUT2D eigenvalue weighted by Gasteiger charge is -2.25. The van der Waals surface area contributed by atoms with Gasteiger partial charge in [0, 0.05) is 30.4 Å². The molecule has 0 bridgehead atoms. The van der Waals surface area contributed by atoms with Gasteiger partial charge in [-0.2, -0.15) is 0 Å². The van der Waals surface area contributed by atoms with Crippen molar-refractivity contribution in [1.82, 2.24) is 4.90 Å². The van der Waals surface area contributed by atoms with Gasteiger partial charge in [-0.05, 0) is 30.5 Å². The number of hydrogen-bond acceptors (Lipinski definition) is 3. The van der Waals surface area contributed by atoms with Gasteiger partial charge in [-0.15, -0.1) is 0 Å². The van der Waals surface area contributed by atoms with E-state index in [2.05, 4.69) is 5.32 Å². The SMILES string of the molecule is COc1cc(NC(=O)N2CCC[C@@H]2c2cccc(F)c2)cc(OC)c1. The summed E-state index contributed by atoms with van der Waals surface area (Å²) >= 11 is 0. The summed E-state index contributed by atoms with van der Waals surface area (Å²) in [5, 5.41) is 2.88. The number of anilines is 1. The summed E-state index contributed by atoms with van der Waals surface area (Å²) in [5.41, 5.74) is 1.40. The molecule has 5 nitrogen and oxygen atoms in total. The smallest absolute Gasteiger partial charge is 0.322 e. The largest absolute Gasteiger partial charge is 0.497 e. The molecule has 0 saturated carbocycles. The zero-order valence-corrected chi connectivity index (χ0v) is 14.3. The van der Waals surface area contributed by atoms with Crippen LogP contribution in [0.25, 0.3) is 0 Å². The van der Waals surface area contributed by atoms with Gasteiger partial charge in [-0.1, -0.05) is 12.1 Å². The van der Waals surface area contributed by atoms with Crippen LogP contribution in [-0.2, 0) is 0 Å². The first-order valence-electron chi connectivity index (χ1n) is 8.17. The van der Waals surface area contributed by atoms with Crippen molar-refractivity contribution in [2.24, 2.45) is 0 Å². The summed E-state index contributed by atoms with van der Waals surface area (Å²) < 4.78 is 24.0. The van der Waals surface area contributed by atoms with Crippen LogP contribution < -0.4 is 14.8 Å². The lowest BCUT2D eigenvalue weighted by atomic mass is 10.0. The van der Waals surface area contributed by atoms with Crippen molar-refractivity contribution < 1.29 is 18.7 Å². The van der Waals surface area contributed by atoms with Crippen molar-refractivity contribution in [2.75, 3.05) is 26.1 Å². The number of hydrogen-bond donors (Lipinski definition) is 1. The molecule has 0 spiro atoms. The molecule has 1 fully saturated rings. The van der Waals surface area contributed by atoms with E-state index >= 15 is 0 Å². The predicted molar refractivity (Wildman–Crippen MR) is 93.6 cm³/mol. The molecule has 2 aromatic rings. The number of benzene rings is 2. The molecule has 132 valence electrons. The van der Waals surface area contributed by atoms with E-state index in [0.29, 0.717) is 23.7 Å². The maximum Gasteiger partial charge on any atom is 0.322 e. The minimum atomic E-state index is -0.290. The van der Waals surface area contributed by atoms with Gasteiger partial charge >= 0.3 is 6.03 Å². The Hall–Kier alpha value is -2.76. The van der Waals surface area contributed by atoms with Gasteiger partial charge in [0.1, 0.15) is 17.3 Å². The van der Waals surface area contributed by atoms with Gasteiger partial charge < -0.3 is 19.7 Å². The summed E-state index contributed by atoms with van der Waals surface area (Å²) in [6.07, 6.45) is 1.70. The van der Waals surface area contributed by atoms with Crippen molar-refractivity contribution in [1.29, 1.82) is 0 Å². The van der Waals surface area contributed by atoms with Gasteiger partial charge in [-0.25, -0.2) is 9.18 Å². The molecule has 1 N–H and O–H groups in total. The highest BCUT2D eigenvalue weighted by atomic mass is 19.1. The Morgan fingerprint density at radius 1 is 1.16 bits per heavy atom.